The van der Waals surface area contributed by atoms with Crippen LogP contribution >= 0.6 is 0 Å². The monoisotopic (exact) mass is 472 g/mol. The van der Waals surface area contributed by atoms with E-state index in [1.165, 1.54) is 0 Å². The Balaban J connectivity index is 1.62. The SMILES string of the molecule is COc1ccc(C2(c3ccc(OC)cc3)CC2NC(=O)Nc2c(C(C)C)cccc2C(C)C)cc1. The number of ether oxygens (including phenoxy) is 2. The topological polar surface area (TPSA) is 59.6 Å². The second-order valence-electron chi connectivity index (χ2n) is 9.90. The van der Waals surface area contributed by atoms with Crippen LogP contribution in [0.1, 0.15) is 68.2 Å². The lowest BCUT2D eigenvalue weighted by Gasteiger charge is -2.22. The van der Waals surface area contributed by atoms with Gasteiger partial charge in [-0.3, -0.25) is 0 Å². The van der Waals surface area contributed by atoms with Gasteiger partial charge in [-0.1, -0.05) is 70.2 Å². The first-order valence-electron chi connectivity index (χ1n) is 12.3. The van der Waals surface area contributed by atoms with Gasteiger partial charge in [-0.25, -0.2) is 4.79 Å². The van der Waals surface area contributed by atoms with Gasteiger partial charge in [-0.15, -0.1) is 0 Å². The summed E-state index contributed by atoms with van der Waals surface area (Å²) in [5.74, 6) is 2.24. The number of nitrogens with one attached hydrogen (secondary N) is 2. The number of methoxy groups -OCH3 is 2. The summed E-state index contributed by atoms with van der Waals surface area (Å²) in [5, 5.41) is 6.47. The molecule has 1 unspecified atom stereocenters. The molecule has 0 heterocycles. The number of carbonyl (C=O) groups excluding carboxylic acids is 1. The lowest BCUT2D eigenvalue weighted by Crippen LogP contribution is -2.35. The van der Waals surface area contributed by atoms with Gasteiger partial charge in [0.25, 0.3) is 0 Å². The molecule has 0 saturated heterocycles. The molecule has 2 amide bonds. The van der Waals surface area contributed by atoms with Gasteiger partial charge in [0.05, 0.1) is 14.2 Å². The Hall–Kier alpha value is -3.47. The smallest absolute Gasteiger partial charge is 0.319 e. The number of urea groups is 1. The van der Waals surface area contributed by atoms with E-state index in [1.807, 2.05) is 24.3 Å². The van der Waals surface area contributed by atoms with E-state index < -0.39 is 0 Å². The van der Waals surface area contributed by atoms with Crippen molar-refractivity contribution in [2.24, 2.45) is 0 Å². The molecule has 1 aliphatic rings. The van der Waals surface area contributed by atoms with Crippen LogP contribution in [0.4, 0.5) is 10.5 Å². The van der Waals surface area contributed by atoms with Crippen molar-refractivity contribution in [3.63, 3.8) is 0 Å². The van der Waals surface area contributed by atoms with Crippen LogP contribution in [0.25, 0.3) is 0 Å². The van der Waals surface area contributed by atoms with Gasteiger partial charge < -0.3 is 20.1 Å². The van der Waals surface area contributed by atoms with E-state index >= 15 is 0 Å². The molecular weight excluding hydrogens is 436 g/mol. The van der Waals surface area contributed by atoms with Crippen LogP contribution in [0.15, 0.2) is 66.7 Å². The zero-order valence-electron chi connectivity index (χ0n) is 21.5. The van der Waals surface area contributed by atoms with Crippen LogP contribution in [-0.4, -0.2) is 26.3 Å². The quantitative estimate of drug-likeness (QED) is 0.378. The molecule has 1 aliphatic carbocycles. The normalized spacial score (nSPS) is 16.2. The van der Waals surface area contributed by atoms with E-state index in [0.29, 0.717) is 11.8 Å². The molecule has 184 valence electrons. The third kappa shape index (κ3) is 4.86. The van der Waals surface area contributed by atoms with E-state index in [2.05, 4.69) is 80.8 Å². The van der Waals surface area contributed by atoms with Crippen LogP contribution in [0.5, 0.6) is 11.5 Å². The molecule has 0 aromatic heterocycles. The summed E-state index contributed by atoms with van der Waals surface area (Å²) in [6, 6.07) is 22.3. The third-order valence-electron chi connectivity index (χ3n) is 7.09. The second kappa shape index (κ2) is 10.0. The van der Waals surface area contributed by atoms with Gasteiger partial charge in [-0.05, 0) is 64.8 Å². The molecule has 5 heteroatoms. The van der Waals surface area contributed by atoms with Crippen LogP contribution in [0, 0.1) is 0 Å². The van der Waals surface area contributed by atoms with Crippen molar-refractivity contribution >= 4 is 11.7 Å². The van der Waals surface area contributed by atoms with Crippen molar-refractivity contribution < 1.29 is 14.3 Å². The Labute approximate surface area is 208 Å². The zero-order chi connectivity index (χ0) is 25.2. The standard InChI is InChI=1S/C30H36N2O3/c1-19(2)25-8-7-9-26(20(3)4)28(25)32-29(33)31-27-18-30(27,21-10-14-23(34-5)15-11-21)22-12-16-24(35-6)17-13-22/h7-17,19-20,27H,18H2,1-6H3,(H2,31,32,33). The first-order valence-corrected chi connectivity index (χ1v) is 12.3. The second-order valence-corrected chi connectivity index (χ2v) is 9.90. The Bertz CT molecular complexity index is 1090. The van der Waals surface area contributed by atoms with Crippen LogP contribution in [-0.2, 0) is 5.41 Å². The summed E-state index contributed by atoms with van der Waals surface area (Å²) >= 11 is 0. The number of rotatable bonds is 8. The van der Waals surface area contributed by atoms with E-state index in [9.17, 15) is 4.79 Å². The van der Waals surface area contributed by atoms with Crippen molar-refractivity contribution in [1.29, 1.82) is 0 Å². The minimum absolute atomic E-state index is 0.0296. The molecule has 1 saturated carbocycles. The molecule has 5 nitrogen and oxygen atoms in total. The van der Waals surface area contributed by atoms with Gasteiger partial charge in [0.15, 0.2) is 0 Å². The molecule has 0 bridgehead atoms. The van der Waals surface area contributed by atoms with Crippen LogP contribution < -0.4 is 20.1 Å². The number of carbonyl (C=O) groups is 1. The molecule has 3 aromatic rings. The van der Waals surface area contributed by atoms with E-state index in [-0.39, 0.29) is 17.5 Å². The fraction of sp³-hybridized carbons (Fsp3) is 0.367. The van der Waals surface area contributed by atoms with Crippen molar-refractivity contribution in [2.75, 3.05) is 19.5 Å². The minimum Gasteiger partial charge on any atom is -0.497 e. The molecule has 2 N–H and O–H groups in total. The number of benzene rings is 3. The molecule has 1 atom stereocenters. The Kier molecular flexibility index (Phi) is 7.06. The fourth-order valence-corrected chi connectivity index (χ4v) is 5.02. The highest BCUT2D eigenvalue weighted by Gasteiger charge is 2.57. The average Bonchev–Trinajstić information content (AvgIpc) is 3.58. The van der Waals surface area contributed by atoms with E-state index in [1.54, 1.807) is 14.2 Å². The van der Waals surface area contributed by atoms with Crippen LogP contribution in [0.3, 0.4) is 0 Å². The first kappa shape index (κ1) is 24.6. The predicted octanol–water partition coefficient (Wildman–Crippen LogP) is 6.83. The number of hydrogen-bond donors (Lipinski definition) is 2. The Morgan fingerprint density at radius 1 is 0.800 bits per heavy atom. The highest BCUT2D eigenvalue weighted by atomic mass is 16.5. The Morgan fingerprint density at radius 2 is 1.26 bits per heavy atom. The summed E-state index contributed by atoms with van der Waals surface area (Å²) in [4.78, 5) is 13.3. The summed E-state index contributed by atoms with van der Waals surface area (Å²) in [6.45, 7) is 8.62. The average molecular weight is 473 g/mol. The molecule has 0 radical (unpaired) electrons. The highest BCUT2D eigenvalue weighted by Crippen LogP contribution is 2.54. The van der Waals surface area contributed by atoms with Gasteiger partial charge in [0.1, 0.15) is 11.5 Å². The van der Waals surface area contributed by atoms with E-state index in [4.69, 9.17) is 9.47 Å². The number of hydrogen-bond acceptors (Lipinski definition) is 3. The number of para-hydroxylation sites is 1. The zero-order valence-corrected chi connectivity index (χ0v) is 21.5. The minimum atomic E-state index is -0.297. The van der Waals surface area contributed by atoms with Gasteiger partial charge >= 0.3 is 6.03 Å². The molecule has 0 spiro atoms. The van der Waals surface area contributed by atoms with Crippen molar-refractivity contribution in [3.8, 4) is 11.5 Å². The van der Waals surface area contributed by atoms with Gasteiger partial charge in [-0.2, -0.15) is 0 Å². The maximum Gasteiger partial charge on any atom is 0.319 e. The maximum atomic E-state index is 13.3. The predicted molar refractivity (Wildman–Crippen MR) is 142 cm³/mol. The lowest BCUT2D eigenvalue weighted by molar-refractivity contribution is 0.251. The molecule has 4 rings (SSSR count). The summed E-state index contributed by atoms with van der Waals surface area (Å²) in [6.07, 6.45) is 0.821. The van der Waals surface area contributed by atoms with Crippen molar-refractivity contribution in [2.45, 2.75) is 57.4 Å². The molecule has 1 fully saturated rings. The summed E-state index contributed by atoms with van der Waals surface area (Å²) in [5.41, 5.74) is 5.24. The molecule has 3 aromatic carbocycles. The van der Waals surface area contributed by atoms with Crippen molar-refractivity contribution in [1.82, 2.24) is 5.32 Å². The lowest BCUT2D eigenvalue weighted by atomic mass is 9.87. The summed E-state index contributed by atoms with van der Waals surface area (Å²) < 4.78 is 10.7. The third-order valence-corrected chi connectivity index (χ3v) is 7.09. The number of anilines is 1. The Morgan fingerprint density at radius 3 is 1.66 bits per heavy atom. The largest absolute Gasteiger partial charge is 0.497 e. The van der Waals surface area contributed by atoms with Gasteiger partial charge in [0, 0.05) is 17.1 Å². The molecular formula is C30H36N2O3. The number of amides is 2. The fourth-order valence-electron chi connectivity index (χ4n) is 5.02. The maximum absolute atomic E-state index is 13.3. The molecule has 0 aliphatic heterocycles. The summed E-state index contributed by atoms with van der Waals surface area (Å²) in [7, 11) is 3.33. The van der Waals surface area contributed by atoms with E-state index in [0.717, 1.165) is 45.9 Å². The molecule has 35 heavy (non-hydrogen) atoms. The first-order chi connectivity index (χ1) is 16.8. The van der Waals surface area contributed by atoms with Crippen LogP contribution in [0.2, 0.25) is 0 Å². The van der Waals surface area contributed by atoms with Crippen molar-refractivity contribution in [3.05, 3.63) is 89.0 Å². The van der Waals surface area contributed by atoms with Gasteiger partial charge in [0.2, 0.25) is 0 Å². The highest BCUT2D eigenvalue weighted by molar-refractivity contribution is 5.92.